The third kappa shape index (κ3) is 4.33. The molecule has 2 saturated heterocycles. The van der Waals surface area contributed by atoms with E-state index in [9.17, 15) is 12.8 Å². The predicted molar refractivity (Wildman–Crippen MR) is 121 cm³/mol. The minimum absolute atomic E-state index is 0.0190. The second-order valence-corrected chi connectivity index (χ2v) is 10.7. The summed E-state index contributed by atoms with van der Waals surface area (Å²) in [7, 11) is 0.998. The van der Waals surface area contributed by atoms with Gasteiger partial charge in [0.05, 0.1) is 30.5 Å². The molecular weight excluding hydrogens is 489 g/mol. The summed E-state index contributed by atoms with van der Waals surface area (Å²) in [5.74, 6) is 0.901. The molecule has 0 saturated carbocycles. The molecule has 2 atom stereocenters. The average molecular weight is 514 g/mol. The van der Waals surface area contributed by atoms with Gasteiger partial charge in [-0.05, 0) is 49.2 Å². The highest BCUT2D eigenvalue weighted by atomic mass is 79.9. The minimum Gasteiger partial charge on any atom is -0.495 e. The van der Waals surface area contributed by atoms with E-state index in [0.29, 0.717) is 22.1 Å². The standard InChI is InChI=1S/C21H25BrFN3O4S/c1-25-9-13-11-26(12-14(13)10-25)19-8-16(4-5-20(19)29-2)31(27,28)24-18-7-15(22)6-17(23)21(18)30-3/h4-8,13-14,24H,9-12H2,1-3H3/t13-,14+. The molecule has 0 radical (unpaired) electrons. The van der Waals surface area contributed by atoms with E-state index in [1.807, 2.05) is 0 Å². The number of rotatable bonds is 6. The van der Waals surface area contributed by atoms with Gasteiger partial charge in [0.15, 0.2) is 11.6 Å². The van der Waals surface area contributed by atoms with Crippen LogP contribution in [0.15, 0.2) is 39.7 Å². The molecule has 2 aromatic rings. The normalized spacial score (nSPS) is 21.3. The molecule has 2 heterocycles. The van der Waals surface area contributed by atoms with Gasteiger partial charge in [-0.25, -0.2) is 12.8 Å². The summed E-state index contributed by atoms with van der Waals surface area (Å²) in [6, 6.07) is 7.43. The molecule has 7 nitrogen and oxygen atoms in total. The highest BCUT2D eigenvalue weighted by molar-refractivity contribution is 9.10. The van der Waals surface area contributed by atoms with E-state index >= 15 is 0 Å². The lowest BCUT2D eigenvalue weighted by Gasteiger charge is -2.24. The maximum absolute atomic E-state index is 14.2. The number of hydrogen-bond donors (Lipinski definition) is 1. The second kappa shape index (κ2) is 8.48. The lowest BCUT2D eigenvalue weighted by Crippen LogP contribution is -2.27. The molecule has 2 aliphatic rings. The number of hydrogen-bond acceptors (Lipinski definition) is 6. The van der Waals surface area contributed by atoms with E-state index in [1.165, 1.54) is 25.3 Å². The van der Waals surface area contributed by atoms with E-state index in [2.05, 4.69) is 37.5 Å². The zero-order valence-electron chi connectivity index (χ0n) is 17.6. The van der Waals surface area contributed by atoms with Crippen LogP contribution in [0.5, 0.6) is 11.5 Å². The molecule has 10 heteroatoms. The minimum atomic E-state index is -3.99. The van der Waals surface area contributed by atoms with Crippen LogP contribution in [0.1, 0.15) is 0 Å². The summed E-state index contributed by atoms with van der Waals surface area (Å²) in [4.78, 5) is 4.60. The highest BCUT2D eigenvalue weighted by Crippen LogP contribution is 2.39. The lowest BCUT2D eigenvalue weighted by atomic mass is 10.0. The number of sulfonamides is 1. The van der Waals surface area contributed by atoms with Crippen LogP contribution in [-0.2, 0) is 10.0 Å². The van der Waals surface area contributed by atoms with Gasteiger partial charge in [-0.15, -0.1) is 0 Å². The number of ether oxygens (including phenoxy) is 2. The molecule has 2 aliphatic heterocycles. The summed E-state index contributed by atoms with van der Waals surface area (Å²) in [5.41, 5.74) is 0.764. The van der Waals surface area contributed by atoms with Gasteiger partial charge in [0.25, 0.3) is 10.0 Å². The molecule has 0 amide bonds. The summed E-state index contributed by atoms with van der Waals surface area (Å²) >= 11 is 3.19. The van der Waals surface area contributed by atoms with Crippen molar-refractivity contribution >= 4 is 37.3 Å². The average Bonchev–Trinajstić information content (AvgIpc) is 3.24. The van der Waals surface area contributed by atoms with Crippen molar-refractivity contribution in [3.05, 3.63) is 40.6 Å². The summed E-state index contributed by atoms with van der Waals surface area (Å²) in [6.07, 6.45) is 0. The van der Waals surface area contributed by atoms with Crippen LogP contribution in [-0.4, -0.2) is 60.8 Å². The van der Waals surface area contributed by atoms with Gasteiger partial charge in [0.1, 0.15) is 5.75 Å². The van der Waals surface area contributed by atoms with Crippen LogP contribution in [0.2, 0.25) is 0 Å². The Bertz CT molecular complexity index is 1080. The number of nitrogens with zero attached hydrogens (tertiary/aromatic N) is 2. The highest BCUT2D eigenvalue weighted by Gasteiger charge is 2.39. The number of anilines is 2. The molecule has 168 valence electrons. The van der Waals surface area contributed by atoms with Crippen molar-refractivity contribution in [2.45, 2.75) is 4.90 Å². The number of halogens is 2. The third-order valence-electron chi connectivity index (χ3n) is 5.93. The molecule has 4 rings (SSSR count). The first-order valence-corrected chi connectivity index (χ1v) is 12.2. The van der Waals surface area contributed by atoms with E-state index in [-0.39, 0.29) is 16.3 Å². The quantitative estimate of drug-likeness (QED) is 0.638. The van der Waals surface area contributed by atoms with Crippen molar-refractivity contribution in [1.29, 1.82) is 0 Å². The largest absolute Gasteiger partial charge is 0.495 e. The van der Waals surface area contributed by atoms with Crippen LogP contribution in [0.25, 0.3) is 0 Å². The van der Waals surface area contributed by atoms with Crippen molar-refractivity contribution in [3.8, 4) is 11.5 Å². The van der Waals surface area contributed by atoms with Gasteiger partial charge >= 0.3 is 0 Å². The fourth-order valence-corrected chi connectivity index (χ4v) is 6.06. The molecular formula is C21H25BrFN3O4S. The van der Waals surface area contributed by atoms with Crippen molar-refractivity contribution in [1.82, 2.24) is 4.90 Å². The SMILES string of the molecule is COc1ccc(S(=O)(=O)Nc2cc(Br)cc(F)c2OC)cc1N1C[C@H]2CN(C)C[C@H]2C1. The number of likely N-dealkylation sites (tertiary alicyclic amines) is 1. The van der Waals surface area contributed by atoms with Gasteiger partial charge in [0, 0.05) is 30.7 Å². The Hall–Kier alpha value is -2.04. The van der Waals surface area contributed by atoms with Gasteiger partial charge < -0.3 is 19.3 Å². The zero-order valence-corrected chi connectivity index (χ0v) is 20.0. The number of methoxy groups -OCH3 is 2. The molecule has 0 aliphatic carbocycles. The first-order chi connectivity index (χ1) is 14.7. The fraction of sp³-hybridized carbons (Fsp3) is 0.429. The Morgan fingerprint density at radius 2 is 1.74 bits per heavy atom. The Morgan fingerprint density at radius 1 is 1.06 bits per heavy atom. The van der Waals surface area contributed by atoms with Crippen LogP contribution < -0.4 is 19.1 Å². The smallest absolute Gasteiger partial charge is 0.262 e. The third-order valence-corrected chi connectivity index (χ3v) is 7.75. The van der Waals surface area contributed by atoms with Crippen molar-refractivity contribution < 1.29 is 22.3 Å². The van der Waals surface area contributed by atoms with Gasteiger partial charge in [-0.2, -0.15) is 0 Å². The second-order valence-electron chi connectivity index (χ2n) is 8.05. The number of nitrogens with one attached hydrogen (secondary N) is 1. The van der Waals surface area contributed by atoms with E-state index < -0.39 is 15.8 Å². The molecule has 1 N–H and O–H groups in total. The van der Waals surface area contributed by atoms with E-state index in [0.717, 1.165) is 31.9 Å². The van der Waals surface area contributed by atoms with E-state index in [4.69, 9.17) is 9.47 Å². The maximum Gasteiger partial charge on any atom is 0.262 e. The van der Waals surface area contributed by atoms with Crippen LogP contribution in [0.4, 0.5) is 15.8 Å². The monoisotopic (exact) mass is 513 g/mol. The first kappa shape index (κ1) is 22.2. The molecule has 31 heavy (non-hydrogen) atoms. The van der Waals surface area contributed by atoms with Crippen molar-refractivity contribution in [3.63, 3.8) is 0 Å². The maximum atomic E-state index is 14.2. The first-order valence-electron chi connectivity index (χ1n) is 9.89. The van der Waals surface area contributed by atoms with Gasteiger partial charge in [-0.3, -0.25) is 4.72 Å². The molecule has 2 aromatic carbocycles. The zero-order chi connectivity index (χ0) is 22.3. The molecule has 2 fully saturated rings. The predicted octanol–water partition coefficient (Wildman–Crippen LogP) is 3.40. The Balaban J connectivity index is 1.65. The van der Waals surface area contributed by atoms with Crippen LogP contribution in [0, 0.1) is 17.7 Å². The van der Waals surface area contributed by atoms with Crippen LogP contribution >= 0.6 is 15.9 Å². The van der Waals surface area contributed by atoms with E-state index in [1.54, 1.807) is 19.2 Å². The Morgan fingerprint density at radius 3 is 2.35 bits per heavy atom. The molecule has 0 aromatic heterocycles. The molecule has 0 unspecified atom stereocenters. The summed E-state index contributed by atoms with van der Waals surface area (Å²) in [6.45, 7) is 3.79. The number of fused-ring (bicyclic) bond motifs is 1. The number of benzene rings is 2. The topological polar surface area (TPSA) is 71.1 Å². The van der Waals surface area contributed by atoms with Gasteiger partial charge in [-0.1, -0.05) is 15.9 Å². The summed E-state index contributed by atoms with van der Waals surface area (Å²) in [5, 5.41) is 0. The molecule has 0 spiro atoms. The Labute approximate surface area is 190 Å². The fourth-order valence-electron chi connectivity index (χ4n) is 4.56. The lowest BCUT2D eigenvalue weighted by molar-refractivity contribution is 0.385. The van der Waals surface area contributed by atoms with Crippen molar-refractivity contribution in [2.24, 2.45) is 11.8 Å². The van der Waals surface area contributed by atoms with Crippen LogP contribution in [0.3, 0.4) is 0 Å². The summed E-state index contributed by atoms with van der Waals surface area (Å²) < 4.78 is 53.8. The van der Waals surface area contributed by atoms with Crippen molar-refractivity contribution in [2.75, 3.05) is 57.1 Å². The van der Waals surface area contributed by atoms with Gasteiger partial charge in [0.2, 0.25) is 0 Å². The Kier molecular flexibility index (Phi) is 6.06. The molecule has 0 bridgehead atoms.